The number of aromatic hydroxyl groups is 1. The molecule has 0 heterocycles. The van der Waals surface area contributed by atoms with Crippen LogP contribution in [0.3, 0.4) is 0 Å². The van der Waals surface area contributed by atoms with Crippen LogP contribution in [-0.4, -0.2) is 10.9 Å². The molecule has 0 amide bonds. The van der Waals surface area contributed by atoms with Crippen LogP contribution in [0.2, 0.25) is 0 Å². The average Bonchev–Trinajstić information content (AvgIpc) is 2.57. The number of hydrogen-bond acceptors (Lipinski definition) is 3. The summed E-state index contributed by atoms with van der Waals surface area (Å²) in [4.78, 5) is 0. The number of anilines is 1. The van der Waals surface area contributed by atoms with E-state index in [4.69, 9.17) is 16.9 Å². The normalized spacial score (nSPS) is 10.8. The minimum absolute atomic E-state index is 0.0903. The fourth-order valence-electron chi connectivity index (χ4n) is 3.12. The Hall–Kier alpha value is -3.41. The molecule has 0 aliphatic rings. The lowest BCUT2D eigenvalue weighted by Gasteiger charge is -2.16. The van der Waals surface area contributed by atoms with Crippen LogP contribution in [0.25, 0.3) is 11.1 Å². The molecule has 6 N–H and O–H groups in total. The van der Waals surface area contributed by atoms with Gasteiger partial charge in [0.05, 0.1) is 0 Å². The molecule has 0 bridgehead atoms. The van der Waals surface area contributed by atoms with Crippen molar-refractivity contribution in [3.63, 3.8) is 0 Å². The molecular weight excluding hydrogens is 348 g/mol. The van der Waals surface area contributed by atoms with Crippen LogP contribution in [0.4, 0.5) is 14.5 Å². The van der Waals surface area contributed by atoms with Crippen molar-refractivity contribution < 1.29 is 13.9 Å². The van der Waals surface area contributed by atoms with Gasteiger partial charge in [0.15, 0.2) is 0 Å². The summed E-state index contributed by atoms with van der Waals surface area (Å²) in [5.74, 6) is -1.43. The van der Waals surface area contributed by atoms with E-state index in [1.54, 1.807) is 30.3 Å². The summed E-state index contributed by atoms with van der Waals surface area (Å²) in [6.45, 7) is 1.88. The monoisotopic (exact) mass is 367 g/mol. The van der Waals surface area contributed by atoms with Crippen LogP contribution >= 0.6 is 0 Å². The molecule has 0 aliphatic carbocycles. The van der Waals surface area contributed by atoms with Crippen LogP contribution in [0, 0.1) is 24.0 Å². The van der Waals surface area contributed by atoms with Crippen LogP contribution in [0.5, 0.6) is 5.75 Å². The maximum atomic E-state index is 13.6. The largest absolute Gasteiger partial charge is 0.508 e. The second-order valence-electron chi connectivity index (χ2n) is 6.46. The lowest BCUT2D eigenvalue weighted by atomic mass is 9.90. The second kappa shape index (κ2) is 7.07. The van der Waals surface area contributed by atoms with Crippen molar-refractivity contribution in [3.8, 4) is 16.9 Å². The highest BCUT2D eigenvalue weighted by molar-refractivity contribution is 6.01. The molecule has 27 heavy (non-hydrogen) atoms. The highest BCUT2D eigenvalue weighted by Crippen LogP contribution is 2.34. The Morgan fingerprint density at radius 2 is 1.67 bits per heavy atom. The SMILES string of the molecule is Cc1ccc(O)cc1-c1cc(N)c(C(=N)N)cc1Cc1cc(F)cc(F)c1. The number of nitrogens with two attached hydrogens (primary N) is 2. The zero-order valence-corrected chi connectivity index (χ0v) is 14.7. The Labute approximate surface area is 155 Å². The highest BCUT2D eigenvalue weighted by Gasteiger charge is 2.15. The van der Waals surface area contributed by atoms with E-state index in [0.717, 1.165) is 17.2 Å². The molecule has 3 rings (SSSR count). The van der Waals surface area contributed by atoms with Gasteiger partial charge in [0.1, 0.15) is 23.2 Å². The van der Waals surface area contributed by atoms with E-state index in [1.165, 1.54) is 12.1 Å². The molecule has 0 unspecified atom stereocenters. The molecule has 0 aromatic heterocycles. The van der Waals surface area contributed by atoms with Gasteiger partial charge >= 0.3 is 0 Å². The van der Waals surface area contributed by atoms with Crippen molar-refractivity contribution in [1.82, 2.24) is 0 Å². The third kappa shape index (κ3) is 3.89. The van der Waals surface area contributed by atoms with Gasteiger partial charge in [-0.05, 0) is 77.6 Å². The minimum atomic E-state index is -0.665. The van der Waals surface area contributed by atoms with Crippen LogP contribution < -0.4 is 11.5 Å². The van der Waals surface area contributed by atoms with Gasteiger partial charge in [-0.3, -0.25) is 5.41 Å². The number of nitrogen functional groups attached to an aromatic ring is 2. The number of rotatable bonds is 4. The van der Waals surface area contributed by atoms with Crippen molar-refractivity contribution >= 4 is 11.5 Å². The standard InChI is InChI=1S/C21H19F2N3O/c1-11-2-3-16(27)9-17(11)18-10-20(24)19(21(25)26)7-13(18)4-12-5-14(22)8-15(23)6-12/h2-3,5-10,27H,4,24H2,1H3,(H3,25,26). The summed E-state index contributed by atoms with van der Waals surface area (Å²) in [6.07, 6.45) is 0.208. The predicted octanol–water partition coefficient (Wildman–Crippen LogP) is 4.10. The highest BCUT2D eigenvalue weighted by atomic mass is 19.1. The zero-order valence-electron chi connectivity index (χ0n) is 14.7. The Kier molecular flexibility index (Phi) is 4.81. The first-order valence-electron chi connectivity index (χ1n) is 8.26. The maximum absolute atomic E-state index is 13.6. The van der Waals surface area contributed by atoms with E-state index < -0.39 is 11.6 Å². The summed E-state index contributed by atoms with van der Waals surface area (Å²) in [5, 5.41) is 17.6. The van der Waals surface area contributed by atoms with E-state index in [9.17, 15) is 13.9 Å². The number of halogens is 2. The molecule has 0 atom stereocenters. The van der Waals surface area contributed by atoms with E-state index >= 15 is 0 Å². The number of hydrogen-bond donors (Lipinski definition) is 4. The Balaban J connectivity index is 2.21. The second-order valence-corrected chi connectivity index (χ2v) is 6.46. The molecular formula is C21H19F2N3O. The number of aryl methyl sites for hydroxylation is 1. The first-order valence-corrected chi connectivity index (χ1v) is 8.26. The van der Waals surface area contributed by atoms with Crippen LogP contribution in [0.15, 0.2) is 48.5 Å². The number of phenols is 1. The third-order valence-electron chi connectivity index (χ3n) is 4.39. The molecule has 6 heteroatoms. The number of phenolic OH excluding ortho intramolecular Hbond substituents is 1. The molecule has 138 valence electrons. The van der Waals surface area contributed by atoms with Crippen molar-refractivity contribution in [2.45, 2.75) is 13.3 Å². The molecule has 0 fully saturated rings. The lowest BCUT2D eigenvalue weighted by molar-refractivity contribution is 0.475. The zero-order chi connectivity index (χ0) is 19.7. The van der Waals surface area contributed by atoms with Crippen molar-refractivity contribution in [2.75, 3.05) is 5.73 Å². The molecule has 0 spiro atoms. The summed E-state index contributed by atoms with van der Waals surface area (Å²) >= 11 is 0. The fourth-order valence-corrected chi connectivity index (χ4v) is 3.12. The summed E-state index contributed by atoms with van der Waals surface area (Å²) in [5.41, 5.74) is 15.8. The first kappa shape index (κ1) is 18.4. The van der Waals surface area contributed by atoms with Crippen molar-refractivity contribution in [2.24, 2.45) is 5.73 Å². The van der Waals surface area contributed by atoms with Gasteiger partial charge in [-0.1, -0.05) is 6.07 Å². The van der Waals surface area contributed by atoms with E-state index in [2.05, 4.69) is 0 Å². The van der Waals surface area contributed by atoms with E-state index in [-0.39, 0.29) is 18.0 Å². The molecule has 0 radical (unpaired) electrons. The molecule has 3 aromatic rings. The van der Waals surface area contributed by atoms with Gasteiger partial charge in [-0.25, -0.2) is 8.78 Å². The lowest BCUT2D eigenvalue weighted by Crippen LogP contribution is -2.14. The quantitative estimate of drug-likeness (QED) is 0.317. The Morgan fingerprint density at radius 3 is 2.30 bits per heavy atom. The number of amidine groups is 1. The van der Waals surface area contributed by atoms with Crippen molar-refractivity contribution in [3.05, 3.63) is 82.4 Å². The molecule has 0 saturated heterocycles. The number of nitrogens with one attached hydrogen (secondary N) is 1. The summed E-state index contributed by atoms with van der Waals surface area (Å²) in [6, 6.07) is 11.6. The number of benzene rings is 3. The van der Waals surface area contributed by atoms with Crippen LogP contribution in [0.1, 0.15) is 22.3 Å². The Bertz CT molecular complexity index is 1030. The topological polar surface area (TPSA) is 96.1 Å². The molecule has 4 nitrogen and oxygen atoms in total. The van der Waals surface area contributed by atoms with E-state index in [1.807, 2.05) is 6.92 Å². The van der Waals surface area contributed by atoms with Gasteiger partial charge < -0.3 is 16.6 Å². The van der Waals surface area contributed by atoms with Crippen molar-refractivity contribution in [1.29, 1.82) is 5.41 Å². The third-order valence-corrected chi connectivity index (χ3v) is 4.39. The first-order chi connectivity index (χ1) is 12.7. The smallest absolute Gasteiger partial charge is 0.126 e. The van der Waals surface area contributed by atoms with E-state index in [0.29, 0.717) is 27.9 Å². The van der Waals surface area contributed by atoms with Gasteiger partial charge in [0.2, 0.25) is 0 Å². The van der Waals surface area contributed by atoms with Gasteiger partial charge in [0, 0.05) is 17.3 Å². The minimum Gasteiger partial charge on any atom is -0.508 e. The molecule has 0 saturated carbocycles. The van der Waals surface area contributed by atoms with Gasteiger partial charge in [-0.15, -0.1) is 0 Å². The van der Waals surface area contributed by atoms with Gasteiger partial charge in [0.25, 0.3) is 0 Å². The fraction of sp³-hybridized carbons (Fsp3) is 0.0952. The summed E-state index contributed by atoms with van der Waals surface area (Å²) in [7, 11) is 0. The van der Waals surface area contributed by atoms with Crippen LogP contribution in [-0.2, 0) is 6.42 Å². The Morgan fingerprint density at radius 1 is 1.00 bits per heavy atom. The summed E-state index contributed by atoms with van der Waals surface area (Å²) < 4.78 is 27.2. The maximum Gasteiger partial charge on any atom is 0.126 e. The predicted molar refractivity (Wildman–Crippen MR) is 103 cm³/mol. The van der Waals surface area contributed by atoms with Gasteiger partial charge in [-0.2, -0.15) is 0 Å². The average molecular weight is 367 g/mol. The molecule has 0 aliphatic heterocycles. The molecule has 3 aromatic carbocycles.